The largest absolute Gasteiger partial charge is 0.450 e. The Morgan fingerprint density at radius 1 is 1.41 bits per heavy atom. The van der Waals surface area contributed by atoms with E-state index in [0.29, 0.717) is 6.61 Å². The van der Waals surface area contributed by atoms with Crippen molar-refractivity contribution in [2.45, 2.75) is 26.3 Å². The van der Waals surface area contributed by atoms with Crippen LogP contribution >= 0.6 is 0 Å². The maximum absolute atomic E-state index is 11.5. The minimum Gasteiger partial charge on any atom is -0.450 e. The van der Waals surface area contributed by atoms with Crippen LogP contribution in [-0.4, -0.2) is 12.7 Å². The third-order valence-corrected chi connectivity index (χ3v) is 2.33. The van der Waals surface area contributed by atoms with E-state index in [2.05, 4.69) is 11.9 Å². The standard InChI is InChI=1S/C14H19NO2/c1-4-10-17-14(16)15-13(11(2)3)12-8-6-5-7-9-12/h5-9,13H,2,4,10H2,1,3H3,(H,15,16). The van der Waals surface area contributed by atoms with E-state index in [1.54, 1.807) is 0 Å². The average Bonchev–Trinajstić information content (AvgIpc) is 2.34. The van der Waals surface area contributed by atoms with Crippen molar-refractivity contribution in [1.82, 2.24) is 5.32 Å². The van der Waals surface area contributed by atoms with E-state index in [9.17, 15) is 4.79 Å². The van der Waals surface area contributed by atoms with Gasteiger partial charge in [-0.05, 0) is 18.9 Å². The molecule has 0 spiro atoms. The molecule has 0 aliphatic rings. The van der Waals surface area contributed by atoms with Crippen LogP contribution < -0.4 is 5.32 Å². The molecule has 0 aromatic heterocycles. The molecule has 0 heterocycles. The van der Waals surface area contributed by atoms with Gasteiger partial charge < -0.3 is 10.1 Å². The highest BCUT2D eigenvalue weighted by molar-refractivity contribution is 5.68. The molecule has 0 radical (unpaired) electrons. The number of nitrogens with one attached hydrogen (secondary N) is 1. The lowest BCUT2D eigenvalue weighted by molar-refractivity contribution is 0.143. The Morgan fingerprint density at radius 3 is 2.59 bits per heavy atom. The summed E-state index contributed by atoms with van der Waals surface area (Å²) in [6, 6.07) is 9.53. The number of hydrogen-bond donors (Lipinski definition) is 1. The van der Waals surface area contributed by atoms with Crippen LogP contribution in [0.15, 0.2) is 42.5 Å². The first-order valence-electron chi connectivity index (χ1n) is 5.78. The molecule has 0 saturated heterocycles. The van der Waals surface area contributed by atoms with Crippen LogP contribution in [0.1, 0.15) is 31.9 Å². The number of hydrogen-bond acceptors (Lipinski definition) is 2. The fourth-order valence-corrected chi connectivity index (χ4v) is 1.49. The number of alkyl carbamates (subject to hydrolysis) is 1. The lowest BCUT2D eigenvalue weighted by atomic mass is 10.0. The molecule has 0 aliphatic carbocycles. The maximum Gasteiger partial charge on any atom is 0.407 e. The molecule has 1 atom stereocenters. The number of rotatable bonds is 5. The van der Waals surface area contributed by atoms with Crippen molar-refractivity contribution in [3.05, 3.63) is 48.0 Å². The molecule has 0 bridgehead atoms. The zero-order valence-corrected chi connectivity index (χ0v) is 10.4. The second-order valence-electron chi connectivity index (χ2n) is 3.97. The van der Waals surface area contributed by atoms with Gasteiger partial charge >= 0.3 is 6.09 Å². The molecular formula is C14H19NO2. The Labute approximate surface area is 102 Å². The summed E-state index contributed by atoms with van der Waals surface area (Å²) in [6.07, 6.45) is 0.417. The Kier molecular flexibility index (Phi) is 5.27. The molecule has 3 nitrogen and oxygen atoms in total. The van der Waals surface area contributed by atoms with E-state index in [-0.39, 0.29) is 6.04 Å². The predicted octanol–water partition coefficient (Wildman–Crippen LogP) is 3.44. The van der Waals surface area contributed by atoms with Crippen molar-refractivity contribution in [2.24, 2.45) is 0 Å². The lowest BCUT2D eigenvalue weighted by Crippen LogP contribution is -2.29. The highest BCUT2D eigenvalue weighted by Gasteiger charge is 2.15. The zero-order chi connectivity index (χ0) is 12.7. The maximum atomic E-state index is 11.5. The summed E-state index contributed by atoms with van der Waals surface area (Å²) in [5.74, 6) is 0. The van der Waals surface area contributed by atoms with Gasteiger partial charge in [-0.2, -0.15) is 0 Å². The second-order valence-corrected chi connectivity index (χ2v) is 3.97. The van der Waals surface area contributed by atoms with E-state index in [4.69, 9.17) is 4.74 Å². The Bertz CT molecular complexity index is 373. The molecule has 1 aromatic rings. The summed E-state index contributed by atoms with van der Waals surface area (Å²) in [6.45, 7) is 8.17. The minimum absolute atomic E-state index is 0.194. The summed E-state index contributed by atoms with van der Waals surface area (Å²) < 4.78 is 5.00. The molecular weight excluding hydrogens is 214 g/mol. The van der Waals surface area contributed by atoms with Gasteiger partial charge in [0.25, 0.3) is 0 Å². The van der Waals surface area contributed by atoms with E-state index in [1.807, 2.05) is 44.2 Å². The Balaban J connectivity index is 2.68. The van der Waals surface area contributed by atoms with Gasteiger partial charge in [-0.1, -0.05) is 49.4 Å². The highest BCUT2D eigenvalue weighted by atomic mass is 16.5. The summed E-state index contributed by atoms with van der Waals surface area (Å²) in [4.78, 5) is 11.5. The average molecular weight is 233 g/mol. The number of carbonyl (C=O) groups is 1. The quantitative estimate of drug-likeness (QED) is 0.791. The molecule has 1 aromatic carbocycles. The van der Waals surface area contributed by atoms with Gasteiger partial charge in [-0.15, -0.1) is 0 Å². The molecule has 0 saturated carbocycles. The van der Waals surface area contributed by atoms with Gasteiger partial charge in [0.05, 0.1) is 12.6 Å². The summed E-state index contributed by atoms with van der Waals surface area (Å²) >= 11 is 0. The normalized spacial score (nSPS) is 11.6. The number of benzene rings is 1. The highest BCUT2D eigenvalue weighted by Crippen LogP contribution is 2.19. The van der Waals surface area contributed by atoms with Crippen molar-refractivity contribution in [3.63, 3.8) is 0 Å². The minimum atomic E-state index is -0.399. The van der Waals surface area contributed by atoms with Crippen LogP contribution in [0.3, 0.4) is 0 Å². The molecule has 1 N–H and O–H groups in total. The zero-order valence-electron chi connectivity index (χ0n) is 10.4. The van der Waals surface area contributed by atoms with Gasteiger partial charge in [0.2, 0.25) is 0 Å². The lowest BCUT2D eigenvalue weighted by Gasteiger charge is -2.19. The van der Waals surface area contributed by atoms with Crippen LogP contribution in [0.2, 0.25) is 0 Å². The molecule has 0 fully saturated rings. The summed E-state index contributed by atoms with van der Waals surface area (Å²) in [7, 11) is 0. The first kappa shape index (κ1) is 13.3. The van der Waals surface area contributed by atoms with Gasteiger partial charge in [-0.3, -0.25) is 0 Å². The van der Waals surface area contributed by atoms with Crippen molar-refractivity contribution >= 4 is 6.09 Å². The van der Waals surface area contributed by atoms with Crippen molar-refractivity contribution in [3.8, 4) is 0 Å². The molecule has 92 valence electrons. The fourth-order valence-electron chi connectivity index (χ4n) is 1.49. The summed E-state index contributed by atoms with van der Waals surface area (Å²) in [5, 5.41) is 2.81. The van der Waals surface area contributed by atoms with Crippen molar-refractivity contribution in [1.29, 1.82) is 0 Å². The smallest absolute Gasteiger partial charge is 0.407 e. The van der Waals surface area contributed by atoms with Gasteiger partial charge in [0, 0.05) is 0 Å². The van der Waals surface area contributed by atoms with E-state index < -0.39 is 6.09 Å². The van der Waals surface area contributed by atoms with Crippen molar-refractivity contribution in [2.75, 3.05) is 6.61 Å². The number of ether oxygens (including phenoxy) is 1. The first-order chi connectivity index (χ1) is 8.15. The van der Waals surface area contributed by atoms with Gasteiger partial charge in [-0.25, -0.2) is 4.79 Å². The molecule has 3 heteroatoms. The van der Waals surface area contributed by atoms with E-state index in [1.165, 1.54) is 0 Å². The molecule has 1 rings (SSSR count). The van der Waals surface area contributed by atoms with Crippen molar-refractivity contribution < 1.29 is 9.53 Å². The number of carbonyl (C=O) groups excluding carboxylic acids is 1. The Hall–Kier alpha value is -1.77. The van der Waals surface area contributed by atoms with Crippen LogP contribution in [0.5, 0.6) is 0 Å². The van der Waals surface area contributed by atoms with Crippen LogP contribution in [0.25, 0.3) is 0 Å². The summed E-state index contributed by atoms with van der Waals surface area (Å²) in [5.41, 5.74) is 1.89. The van der Waals surface area contributed by atoms with E-state index in [0.717, 1.165) is 17.6 Å². The monoisotopic (exact) mass is 233 g/mol. The first-order valence-corrected chi connectivity index (χ1v) is 5.78. The van der Waals surface area contributed by atoms with Crippen LogP contribution in [0.4, 0.5) is 4.79 Å². The van der Waals surface area contributed by atoms with Crippen LogP contribution in [0, 0.1) is 0 Å². The number of amides is 1. The molecule has 1 amide bonds. The second kappa shape index (κ2) is 6.74. The molecule has 0 aliphatic heterocycles. The topological polar surface area (TPSA) is 38.3 Å². The van der Waals surface area contributed by atoms with Gasteiger partial charge in [0.1, 0.15) is 0 Å². The van der Waals surface area contributed by atoms with Crippen LogP contribution in [-0.2, 0) is 4.74 Å². The third-order valence-electron chi connectivity index (χ3n) is 2.33. The SMILES string of the molecule is C=C(C)C(NC(=O)OCCC)c1ccccc1. The molecule has 17 heavy (non-hydrogen) atoms. The fraction of sp³-hybridized carbons (Fsp3) is 0.357. The Morgan fingerprint density at radius 2 is 2.06 bits per heavy atom. The van der Waals surface area contributed by atoms with Gasteiger partial charge in [0.15, 0.2) is 0 Å². The van der Waals surface area contributed by atoms with E-state index >= 15 is 0 Å². The predicted molar refractivity (Wildman–Crippen MR) is 68.8 cm³/mol. The molecule has 1 unspecified atom stereocenters. The third kappa shape index (κ3) is 4.31.